The average Bonchev–Trinajstić information content (AvgIpc) is 3.39. The first-order chi connectivity index (χ1) is 15.9. The highest BCUT2D eigenvalue weighted by Gasteiger charge is 2.31. The largest absolute Gasteiger partial charge is 0.376 e. The number of carbonyl (C=O) groups excluding carboxylic acids is 1. The molecule has 1 atom stereocenters. The number of rotatable bonds is 6. The van der Waals surface area contributed by atoms with Crippen LogP contribution in [0.25, 0.3) is 11.0 Å². The molecule has 2 aliphatic rings. The van der Waals surface area contributed by atoms with Crippen LogP contribution in [0.4, 0.5) is 5.69 Å². The predicted octanol–water partition coefficient (Wildman–Crippen LogP) is 3.86. The maximum Gasteiger partial charge on any atom is 0.239 e. The maximum absolute atomic E-state index is 13.1. The Hall–Kier alpha value is -3.42. The fourth-order valence-corrected chi connectivity index (χ4v) is 5.97. The molecule has 3 aromatic carbocycles. The zero-order chi connectivity index (χ0) is 23.0. The van der Waals surface area contributed by atoms with Crippen molar-refractivity contribution >= 4 is 32.4 Å². The Balaban J connectivity index is 1.30. The predicted molar refractivity (Wildman–Crippen MR) is 130 cm³/mol. The van der Waals surface area contributed by atoms with Gasteiger partial charge in [-0.05, 0) is 65.1 Å². The third kappa shape index (κ3) is 4.17. The molecule has 33 heavy (non-hydrogen) atoms. The van der Waals surface area contributed by atoms with E-state index in [2.05, 4.69) is 16.0 Å². The van der Waals surface area contributed by atoms with Gasteiger partial charge < -0.3 is 16.0 Å². The second-order valence-electron chi connectivity index (χ2n) is 8.41. The summed E-state index contributed by atoms with van der Waals surface area (Å²) in [5, 5.41) is 9.35. The molecule has 0 aliphatic carbocycles. The summed E-state index contributed by atoms with van der Waals surface area (Å²) in [4.78, 5) is 13.0. The van der Waals surface area contributed by atoms with Crippen molar-refractivity contribution in [3.63, 3.8) is 0 Å². The molecule has 6 nitrogen and oxygen atoms in total. The van der Waals surface area contributed by atoms with Gasteiger partial charge in [0.05, 0.1) is 22.4 Å². The van der Waals surface area contributed by atoms with Gasteiger partial charge in [-0.1, -0.05) is 42.5 Å². The summed E-state index contributed by atoms with van der Waals surface area (Å²) in [6.07, 6.45) is 1.72. The normalized spacial score (nSPS) is 16.5. The molecule has 0 spiro atoms. The van der Waals surface area contributed by atoms with Crippen LogP contribution in [0, 0.1) is 0 Å². The second-order valence-corrected chi connectivity index (χ2v) is 10.3. The quantitative estimate of drug-likeness (QED) is 0.521. The molecule has 0 bridgehead atoms. The fraction of sp³-hybridized carbons (Fsp3) is 0.192. The lowest BCUT2D eigenvalue weighted by atomic mass is 10.1. The molecule has 3 aromatic rings. The smallest absolute Gasteiger partial charge is 0.239 e. The van der Waals surface area contributed by atoms with Crippen molar-refractivity contribution in [1.82, 2.24) is 10.6 Å². The maximum atomic E-state index is 13.1. The van der Waals surface area contributed by atoms with Gasteiger partial charge in [-0.15, -0.1) is 0 Å². The van der Waals surface area contributed by atoms with Crippen molar-refractivity contribution in [2.75, 3.05) is 11.9 Å². The highest BCUT2D eigenvalue weighted by Crippen LogP contribution is 2.40. The van der Waals surface area contributed by atoms with E-state index in [0.29, 0.717) is 26.6 Å². The number of hydrogen-bond acceptors (Lipinski definition) is 5. The highest BCUT2D eigenvalue weighted by molar-refractivity contribution is 8.01. The minimum absolute atomic E-state index is 0.0943. The molecule has 0 unspecified atom stereocenters. The summed E-state index contributed by atoms with van der Waals surface area (Å²) in [5.74, 6) is -0.137. The van der Waals surface area contributed by atoms with Crippen LogP contribution in [-0.2, 0) is 27.7 Å². The molecule has 0 saturated heterocycles. The molecule has 2 aliphatic heterocycles. The molecule has 7 heteroatoms. The number of carbonyl (C=O) groups is 1. The van der Waals surface area contributed by atoms with E-state index in [1.54, 1.807) is 24.3 Å². The van der Waals surface area contributed by atoms with E-state index < -0.39 is 9.84 Å². The summed E-state index contributed by atoms with van der Waals surface area (Å²) >= 11 is 0. The van der Waals surface area contributed by atoms with Crippen molar-refractivity contribution in [2.24, 2.45) is 0 Å². The topological polar surface area (TPSA) is 87.3 Å². The van der Waals surface area contributed by atoms with Gasteiger partial charge in [0.25, 0.3) is 0 Å². The Bertz CT molecular complexity index is 1360. The molecule has 5 rings (SSSR count). The van der Waals surface area contributed by atoms with Crippen LogP contribution in [0.2, 0.25) is 0 Å². The lowest BCUT2D eigenvalue weighted by Gasteiger charge is -2.15. The van der Waals surface area contributed by atoms with E-state index in [9.17, 15) is 13.2 Å². The van der Waals surface area contributed by atoms with Crippen molar-refractivity contribution in [1.29, 1.82) is 0 Å². The second kappa shape index (κ2) is 8.50. The monoisotopic (exact) mass is 459 g/mol. The Morgan fingerprint density at radius 2 is 1.79 bits per heavy atom. The zero-order valence-corrected chi connectivity index (χ0v) is 19.1. The van der Waals surface area contributed by atoms with Gasteiger partial charge in [0.1, 0.15) is 0 Å². The van der Waals surface area contributed by atoms with Crippen molar-refractivity contribution in [3.8, 4) is 0 Å². The Morgan fingerprint density at radius 3 is 2.61 bits per heavy atom. The molecule has 0 saturated carbocycles. The Labute approximate surface area is 193 Å². The van der Waals surface area contributed by atoms with Crippen LogP contribution in [0.1, 0.15) is 40.8 Å². The van der Waals surface area contributed by atoms with E-state index in [0.717, 1.165) is 24.2 Å². The summed E-state index contributed by atoms with van der Waals surface area (Å²) in [6, 6.07) is 20.6. The van der Waals surface area contributed by atoms with Crippen molar-refractivity contribution < 1.29 is 13.2 Å². The van der Waals surface area contributed by atoms with Gasteiger partial charge in [-0.3, -0.25) is 4.79 Å². The van der Waals surface area contributed by atoms with E-state index >= 15 is 0 Å². The first-order valence-corrected chi connectivity index (χ1v) is 12.4. The number of fused-ring (bicyclic) bond motifs is 2. The van der Waals surface area contributed by atoms with Gasteiger partial charge in [-0.25, -0.2) is 8.42 Å². The van der Waals surface area contributed by atoms with Crippen molar-refractivity contribution in [3.05, 3.63) is 94.5 Å². The van der Waals surface area contributed by atoms with Crippen LogP contribution in [0.5, 0.6) is 0 Å². The average molecular weight is 460 g/mol. The lowest BCUT2D eigenvalue weighted by Crippen LogP contribution is -2.32. The van der Waals surface area contributed by atoms with Gasteiger partial charge in [-0.2, -0.15) is 0 Å². The highest BCUT2D eigenvalue weighted by atomic mass is 32.2. The van der Waals surface area contributed by atoms with Crippen LogP contribution in [0.15, 0.2) is 71.6 Å². The summed E-state index contributed by atoms with van der Waals surface area (Å²) in [5.41, 5.74) is 5.41. The number of benzene rings is 3. The minimum Gasteiger partial charge on any atom is -0.376 e. The van der Waals surface area contributed by atoms with E-state index in [-0.39, 0.29) is 18.5 Å². The third-order valence-corrected chi connectivity index (χ3v) is 8.01. The van der Waals surface area contributed by atoms with Crippen molar-refractivity contribution in [2.45, 2.75) is 31.0 Å². The SMILES string of the molecule is C[C@H](NC(=O)CNc1ccc2c(c1)C=C(c1ccc3c(c1)CNC3)S2(=O)=O)c1ccccc1. The molecule has 0 aromatic heterocycles. The van der Waals surface area contributed by atoms with Crippen LogP contribution >= 0.6 is 0 Å². The molecule has 0 fully saturated rings. The lowest BCUT2D eigenvalue weighted by molar-refractivity contribution is -0.120. The molecule has 2 heterocycles. The molecule has 168 valence electrons. The molecule has 3 N–H and O–H groups in total. The molecule has 0 radical (unpaired) electrons. The van der Waals surface area contributed by atoms with Crippen LogP contribution < -0.4 is 16.0 Å². The van der Waals surface area contributed by atoms with Crippen LogP contribution in [0.3, 0.4) is 0 Å². The fourth-order valence-electron chi connectivity index (χ4n) is 4.34. The first-order valence-electron chi connectivity index (χ1n) is 10.9. The number of hydrogen-bond donors (Lipinski definition) is 3. The van der Waals surface area contributed by atoms with E-state index in [1.165, 1.54) is 5.56 Å². The van der Waals surface area contributed by atoms with Gasteiger partial charge in [0.15, 0.2) is 0 Å². The summed E-state index contributed by atoms with van der Waals surface area (Å²) < 4.78 is 26.3. The van der Waals surface area contributed by atoms with E-state index in [4.69, 9.17) is 0 Å². The third-order valence-electron chi connectivity index (χ3n) is 6.13. The first kappa shape index (κ1) is 21.4. The number of anilines is 1. The van der Waals surface area contributed by atoms with Gasteiger partial charge in [0.2, 0.25) is 15.7 Å². The van der Waals surface area contributed by atoms with E-state index in [1.807, 2.05) is 55.5 Å². The molecular weight excluding hydrogens is 434 g/mol. The Kier molecular flexibility index (Phi) is 5.52. The number of nitrogens with one attached hydrogen (secondary N) is 3. The zero-order valence-electron chi connectivity index (χ0n) is 18.3. The number of amides is 1. The molecule has 1 amide bonds. The Morgan fingerprint density at radius 1 is 1.00 bits per heavy atom. The standard InChI is InChI=1S/C26H25N3O3S/c1-17(18-5-3-2-4-6-18)29-26(30)16-28-23-9-10-24-21(12-23)13-25(33(24,31)32)19-7-8-20-14-27-15-22(20)11-19/h2-13,17,27-28H,14-16H2,1H3,(H,29,30)/t17-/m0/s1. The van der Waals surface area contributed by atoms with Crippen LogP contribution in [-0.4, -0.2) is 20.9 Å². The molecular formula is C26H25N3O3S. The number of sulfone groups is 1. The summed E-state index contributed by atoms with van der Waals surface area (Å²) in [6.45, 7) is 3.60. The van der Waals surface area contributed by atoms with Gasteiger partial charge in [0, 0.05) is 18.8 Å². The summed E-state index contributed by atoms with van der Waals surface area (Å²) in [7, 11) is -3.58. The van der Waals surface area contributed by atoms with Gasteiger partial charge >= 0.3 is 0 Å². The minimum atomic E-state index is -3.58.